The molecule has 6 heteroatoms. The van der Waals surface area contributed by atoms with E-state index in [1.165, 1.54) is 17.0 Å². The summed E-state index contributed by atoms with van der Waals surface area (Å²) in [6.07, 6.45) is 0.859. The van der Waals surface area contributed by atoms with Gasteiger partial charge in [-0.1, -0.05) is 22.9 Å². The molecule has 0 aliphatic carbocycles. The molecule has 0 saturated carbocycles. The Morgan fingerprint density at radius 1 is 1.50 bits per heavy atom. The number of halogens is 2. The highest BCUT2D eigenvalue weighted by Gasteiger charge is 2.45. The van der Waals surface area contributed by atoms with Crippen molar-refractivity contribution in [3.63, 3.8) is 0 Å². The van der Waals surface area contributed by atoms with E-state index in [1.54, 1.807) is 13.0 Å². The maximum atomic E-state index is 13.8. The fourth-order valence-electron chi connectivity index (χ4n) is 2.49. The monoisotopic (exact) mass is 343 g/mol. The number of likely N-dealkylation sites (tertiary alicyclic amines) is 1. The topological polar surface area (TPSA) is 57.6 Å². The van der Waals surface area contributed by atoms with Gasteiger partial charge < -0.3 is 10.0 Å². The van der Waals surface area contributed by atoms with Crippen molar-refractivity contribution in [2.45, 2.75) is 19.8 Å². The zero-order chi connectivity index (χ0) is 14.9. The molecule has 0 aromatic heterocycles. The Labute approximate surface area is 124 Å². The molecule has 2 rings (SSSR count). The summed E-state index contributed by atoms with van der Waals surface area (Å²) in [5, 5.41) is 9.31. The van der Waals surface area contributed by atoms with Crippen LogP contribution in [-0.4, -0.2) is 35.0 Å². The molecule has 4 nitrogen and oxygen atoms in total. The first kappa shape index (κ1) is 15.0. The van der Waals surface area contributed by atoms with Crippen LogP contribution in [0.5, 0.6) is 0 Å². The lowest BCUT2D eigenvalue weighted by Crippen LogP contribution is -2.36. The zero-order valence-electron chi connectivity index (χ0n) is 11.0. The predicted octanol–water partition coefficient (Wildman–Crippen LogP) is 2.92. The summed E-state index contributed by atoms with van der Waals surface area (Å²) in [6.45, 7) is 2.27. The SMILES string of the molecule is CCC1(C(=O)O)CCN(C(=O)c2ccc(Br)cc2F)C1. The number of aliphatic carboxylic acids is 1. The molecule has 1 heterocycles. The molecular weight excluding hydrogens is 329 g/mol. The summed E-state index contributed by atoms with van der Waals surface area (Å²) in [6, 6.07) is 4.23. The molecule has 1 atom stereocenters. The van der Waals surface area contributed by atoms with Gasteiger partial charge in [0.2, 0.25) is 0 Å². The molecule has 0 bridgehead atoms. The zero-order valence-corrected chi connectivity index (χ0v) is 12.6. The third-order valence-electron chi connectivity index (χ3n) is 3.93. The molecule has 108 valence electrons. The second-order valence-electron chi connectivity index (χ2n) is 5.04. The van der Waals surface area contributed by atoms with E-state index < -0.39 is 23.1 Å². The van der Waals surface area contributed by atoms with Crippen LogP contribution in [-0.2, 0) is 4.79 Å². The van der Waals surface area contributed by atoms with E-state index in [0.717, 1.165) is 0 Å². The molecule has 1 amide bonds. The van der Waals surface area contributed by atoms with E-state index >= 15 is 0 Å². The highest BCUT2D eigenvalue weighted by Crippen LogP contribution is 2.35. The largest absolute Gasteiger partial charge is 0.481 e. The van der Waals surface area contributed by atoms with Crippen molar-refractivity contribution in [1.29, 1.82) is 0 Å². The van der Waals surface area contributed by atoms with Crippen molar-refractivity contribution in [1.82, 2.24) is 4.90 Å². The van der Waals surface area contributed by atoms with Crippen LogP contribution in [0.15, 0.2) is 22.7 Å². The van der Waals surface area contributed by atoms with Crippen molar-refractivity contribution in [3.05, 3.63) is 34.1 Å². The summed E-state index contributed by atoms with van der Waals surface area (Å²) in [5.74, 6) is -1.95. The average Bonchev–Trinajstić information content (AvgIpc) is 2.83. The van der Waals surface area contributed by atoms with Crippen molar-refractivity contribution < 1.29 is 19.1 Å². The van der Waals surface area contributed by atoms with E-state index in [2.05, 4.69) is 15.9 Å². The molecular formula is C14H15BrFNO3. The Hall–Kier alpha value is -1.43. The maximum Gasteiger partial charge on any atom is 0.311 e. The maximum absolute atomic E-state index is 13.8. The summed E-state index contributed by atoms with van der Waals surface area (Å²) in [4.78, 5) is 25.1. The minimum atomic E-state index is -0.901. The molecule has 1 aliphatic rings. The Kier molecular flexibility index (Phi) is 4.13. The van der Waals surface area contributed by atoms with Crippen molar-refractivity contribution in [3.8, 4) is 0 Å². The van der Waals surface area contributed by atoms with Crippen LogP contribution in [0, 0.1) is 11.2 Å². The number of benzene rings is 1. The molecule has 1 aliphatic heterocycles. The molecule has 20 heavy (non-hydrogen) atoms. The van der Waals surface area contributed by atoms with Crippen LogP contribution in [0.4, 0.5) is 4.39 Å². The number of rotatable bonds is 3. The first-order valence-electron chi connectivity index (χ1n) is 6.37. The molecule has 1 saturated heterocycles. The lowest BCUT2D eigenvalue weighted by atomic mass is 9.84. The highest BCUT2D eigenvalue weighted by molar-refractivity contribution is 9.10. The van der Waals surface area contributed by atoms with Gasteiger partial charge in [0.1, 0.15) is 5.82 Å². The van der Waals surface area contributed by atoms with Gasteiger partial charge in [0, 0.05) is 17.6 Å². The Balaban J connectivity index is 2.21. The first-order chi connectivity index (χ1) is 9.39. The van der Waals surface area contributed by atoms with Crippen LogP contribution < -0.4 is 0 Å². The minimum absolute atomic E-state index is 0.0227. The van der Waals surface area contributed by atoms with Gasteiger partial charge in [-0.25, -0.2) is 4.39 Å². The van der Waals surface area contributed by atoms with Crippen molar-refractivity contribution in [2.24, 2.45) is 5.41 Å². The van der Waals surface area contributed by atoms with Gasteiger partial charge in [0.15, 0.2) is 0 Å². The summed E-state index contributed by atoms with van der Waals surface area (Å²) >= 11 is 3.13. The third kappa shape index (κ3) is 2.57. The molecule has 1 N–H and O–H groups in total. The second-order valence-corrected chi connectivity index (χ2v) is 5.96. The van der Waals surface area contributed by atoms with Gasteiger partial charge in [-0.2, -0.15) is 0 Å². The van der Waals surface area contributed by atoms with Crippen LogP contribution in [0.1, 0.15) is 30.1 Å². The van der Waals surface area contributed by atoms with Gasteiger partial charge >= 0.3 is 5.97 Å². The number of carbonyl (C=O) groups is 2. The normalized spacial score (nSPS) is 22.1. The second kappa shape index (κ2) is 5.52. The van der Waals surface area contributed by atoms with Crippen molar-refractivity contribution >= 4 is 27.8 Å². The number of amides is 1. The summed E-state index contributed by atoms with van der Waals surface area (Å²) < 4.78 is 14.4. The first-order valence-corrected chi connectivity index (χ1v) is 7.16. The van der Waals surface area contributed by atoms with E-state index in [-0.39, 0.29) is 12.1 Å². The van der Waals surface area contributed by atoms with Gasteiger partial charge in [-0.3, -0.25) is 9.59 Å². The summed E-state index contributed by atoms with van der Waals surface area (Å²) in [7, 11) is 0. The van der Waals surface area contributed by atoms with Gasteiger partial charge in [-0.15, -0.1) is 0 Å². The van der Waals surface area contributed by atoms with E-state index in [9.17, 15) is 19.1 Å². The molecule has 1 unspecified atom stereocenters. The Morgan fingerprint density at radius 3 is 2.70 bits per heavy atom. The van der Waals surface area contributed by atoms with Crippen LogP contribution in [0.2, 0.25) is 0 Å². The molecule has 0 spiro atoms. The van der Waals surface area contributed by atoms with Gasteiger partial charge in [-0.05, 0) is 31.0 Å². The van der Waals surface area contributed by atoms with Crippen LogP contribution in [0.3, 0.4) is 0 Å². The van der Waals surface area contributed by atoms with Crippen LogP contribution >= 0.6 is 15.9 Å². The lowest BCUT2D eigenvalue weighted by Gasteiger charge is -2.23. The van der Waals surface area contributed by atoms with E-state index in [0.29, 0.717) is 23.9 Å². The van der Waals surface area contributed by atoms with Gasteiger partial charge in [0.05, 0.1) is 11.0 Å². The van der Waals surface area contributed by atoms with Crippen LogP contribution in [0.25, 0.3) is 0 Å². The number of hydrogen-bond acceptors (Lipinski definition) is 2. The lowest BCUT2D eigenvalue weighted by molar-refractivity contribution is -0.148. The standard InChI is InChI=1S/C14H15BrFNO3/c1-2-14(13(19)20)5-6-17(8-14)12(18)10-4-3-9(15)7-11(10)16/h3-4,7H,2,5-6,8H2,1H3,(H,19,20). The smallest absolute Gasteiger partial charge is 0.311 e. The molecule has 0 radical (unpaired) electrons. The number of carboxylic acid groups (broad SMARTS) is 1. The number of carboxylic acids is 1. The minimum Gasteiger partial charge on any atom is -0.481 e. The summed E-state index contributed by atoms with van der Waals surface area (Å²) in [5.41, 5.74) is -0.924. The van der Waals surface area contributed by atoms with E-state index in [4.69, 9.17) is 0 Å². The van der Waals surface area contributed by atoms with E-state index in [1.807, 2.05) is 0 Å². The highest BCUT2D eigenvalue weighted by atomic mass is 79.9. The average molecular weight is 344 g/mol. The van der Waals surface area contributed by atoms with Crippen molar-refractivity contribution in [2.75, 3.05) is 13.1 Å². The number of carbonyl (C=O) groups excluding carboxylic acids is 1. The fraction of sp³-hybridized carbons (Fsp3) is 0.429. The third-order valence-corrected chi connectivity index (χ3v) is 4.43. The predicted molar refractivity (Wildman–Crippen MR) is 75.0 cm³/mol. The number of nitrogens with zero attached hydrogens (tertiary/aromatic N) is 1. The molecule has 1 aromatic rings. The molecule has 1 fully saturated rings. The quantitative estimate of drug-likeness (QED) is 0.917. The fourth-order valence-corrected chi connectivity index (χ4v) is 2.83. The Morgan fingerprint density at radius 2 is 2.20 bits per heavy atom. The number of hydrogen-bond donors (Lipinski definition) is 1. The molecule has 1 aromatic carbocycles. The van der Waals surface area contributed by atoms with Gasteiger partial charge in [0.25, 0.3) is 5.91 Å². The Bertz CT molecular complexity index is 563.